The molecule has 6 nitrogen and oxygen atoms in total. The zero-order valence-corrected chi connectivity index (χ0v) is 13.9. The summed E-state index contributed by atoms with van der Waals surface area (Å²) in [4.78, 5) is 35.3. The van der Waals surface area contributed by atoms with E-state index in [0.717, 1.165) is 0 Å². The number of hydrogen-bond donors (Lipinski definition) is 2. The van der Waals surface area contributed by atoms with Crippen molar-refractivity contribution in [3.8, 4) is 0 Å². The molecule has 0 heterocycles. The maximum Gasteiger partial charge on any atom is 0.337 e. The Labute approximate surface area is 147 Å². The summed E-state index contributed by atoms with van der Waals surface area (Å²) in [5.41, 5.74) is 0.331. The zero-order chi connectivity index (χ0) is 18.4. The molecule has 0 radical (unpaired) electrons. The summed E-state index contributed by atoms with van der Waals surface area (Å²) >= 11 is 5.96. The van der Waals surface area contributed by atoms with Crippen LogP contribution in [-0.2, 0) is 14.3 Å². The summed E-state index contributed by atoms with van der Waals surface area (Å²) in [5.74, 6) is -2.56. The van der Waals surface area contributed by atoms with E-state index in [4.69, 9.17) is 11.6 Å². The number of ether oxygens (including phenoxy) is 1. The van der Waals surface area contributed by atoms with Gasteiger partial charge in [0.05, 0.1) is 29.1 Å². The van der Waals surface area contributed by atoms with Gasteiger partial charge in [0.1, 0.15) is 12.2 Å². The molecule has 0 bridgehead atoms. The van der Waals surface area contributed by atoms with Crippen LogP contribution >= 0.6 is 11.6 Å². The normalized spacial score (nSPS) is 10.0. The van der Waals surface area contributed by atoms with Crippen molar-refractivity contribution < 1.29 is 23.5 Å². The van der Waals surface area contributed by atoms with Crippen molar-refractivity contribution in [1.82, 2.24) is 0 Å². The van der Waals surface area contributed by atoms with E-state index in [1.807, 2.05) is 0 Å². The number of carbonyl (C=O) groups excluding carboxylic acids is 3. The van der Waals surface area contributed by atoms with Gasteiger partial charge in [-0.05, 0) is 30.3 Å². The van der Waals surface area contributed by atoms with Crippen LogP contribution in [0.2, 0.25) is 5.02 Å². The van der Waals surface area contributed by atoms with E-state index in [-0.39, 0.29) is 22.0 Å². The number of anilines is 2. The fourth-order valence-electron chi connectivity index (χ4n) is 1.96. The Balaban J connectivity index is 2.01. The molecular formula is C17H14ClFN2O4. The van der Waals surface area contributed by atoms with Gasteiger partial charge in [-0.1, -0.05) is 23.7 Å². The summed E-state index contributed by atoms with van der Waals surface area (Å²) in [6.07, 6.45) is -0.548. The molecule has 25 heavy (non-hydrogen) atoms. The molecule has 0 saturated carbocycles. The second-order valence-electron chi connectivity index (χ2n) is 4.94. The van der Waals surface area contributed by atoms with Gasteiger partial charge in [0.25, 0.3) is 0 Å². The van der Waals surface area contributed by atoms with Crippen molar-refractivity contribution in [3.63, 3.8) is 0 Å². The van der Waals surface area contributed by atoms with Crippen LogP contribution in [0, 0.1) is 5.82 Å². The first-order valence-corrected chi connectivity index (χ1v) is 7.50. The van der Waals surface area contributed by atoms with E-state index in [9.17, 15) is 18.8 Å². The van der Waals surface area contributed by atoms with Gasteiger partial charge in [-0.3, -0.25) is 9.59 Å². The molecular weight excluding hydrogens is 351 g/mol. The summed E-state index contributed by atoms with van der Waals surface area (Å²) in [6.45, 7) is 0. The Kier molecular flexibility index (Phi) is 6.08. The van der Waals surface area contributed by atoms with E-state index in [0.29, 0.717) is 0 Å². The number of hydrogen-bond acceptors (Lipinski definition) is 4. The largest absolute Gasteiger partial charge is 0.465 e. The van der Waals surface area contributed by atoms with Gasteiger partial charge in [0.15, 0.2) is 0 Å². The van der Waals surface area contributed by atoms with E-state index in [2.05, 4.69) is 15.4 Å². The van der Waals surface area contributed by atoms with Gasteiger partial charge in [-0.2, -0.15) is 0 Å². The molecule has 0 aromatic heterocycles. The molecule has 0 spiro atoms. The molecule has 2 N–H and O–H groups in total. The Bertz CT molecular complexity index is 826. The highest BCUT2D eigenvalue weighted by Gasteiger charge is 2.15. The summed E-state index contributed by atoms with van der Waals surface area (Å²) < 4.78 is 18.0. The Morgan fingerprint density at radius 1 is 1.04 bits per heavy atom. The van der Waals surface area contributed by atoms with Crippen molar-refractivity contribution in [3.05, 3.63) is 58.9 Å². The quantitative estimate of drug-likeness (QED) is 0.630. The van der Waals surface area contributed by atoms with Crippen molar-refractivity contribution in [2.45, 2.75) is 6.42 Å². The Hall–Kier alpha value is -2.93. The first-order chi connectivity index (χ1) is 11.9. The molecule has 0 atom stereocenters. The summed E-state index contributed by atoms with van der Waals surface area (Å²) in [6, 6.07) is 9.79. The average Bonchev–Trinajstić information content (AvgIpc) is 2.58. The van der Waals surface area contributed by atoms with Crippen molar-refractivity contribution in [1.29, 1.82) is 0 Å². The molecule has 0 saturated heterocycles. The van der Waals surface area contributed by atoms with Crippen LogP contribution in [0.25, 0.3) is 0 Å². The number of para-hydroxylation sites is 1. The van der Waals surface area contributed by atoms with E-state index in [1.54, 1.807) is 6.07 Å². The topological polar surface area (TPSA) is 84.5 Å². The molecule has 2 rings (SSSR count). The third-order valence-corrected chi connectivity index (χ3v) is 3.46. The number of carbonyl (C=O) groups is 3. The van der Waals surface area contributed by atoms with Gasteiger partial charge in [-0.25, -0.2) is 9.18 Å². The van der Waals surface area contributed by atoms with E-state index in [1.165, 1.54) is 43.5 Å². The molecule has 130 valence electrons. The van der Waals surface area contributed by atoms with E-state index < -0.39 is 30.0 Å². The average molecular weight is 365 g/mol. The SMILES string of the molecule is COC(=O)c1ccc(Cl)c(NC(=O)CC(=O)Nc2ccccc2F)c1. The first kappa shape index (κ1) is 18.4. The van der Waals surface area contributed by atoms with Crippen LogP contribution < -0.4 is 10.6 Å². The lowest BCUT2D eigenvalue weighted by Crippen LogP contribution is -2.22. The summed E-state index contributed by atoms with van der Waals surface area (Å²) in [5, 5.41) is 4.92. The van der Waals surface area contributed by atoms with Crippen molar-refractivity contribution >= 4 is 40.8 Å². The highest BCUT2D eigenvalue weighted by atomic mass is 35.5. The number of nitrogens with one attached hydrogen (secondary N) is 2. The smallest absolute Gasteiger partial charge is 0.337 e. The minimum absolute atomic E-state index is 0.0222. The molecule has 2 aromatic rings. The fraction of sp³-hybridized carbons (Fsp3) is 0.118. The maximum atomic E-state index is 13.5. The third kappa shape index (κ3) is 5.02. The lowest BCUT2D eigenvalue weighted by molar-refractivity contribution is -0.123. The van der Waals surface area contributed by atoms with Crippen molar-refractivity contribution in [2.24, 2.45) is 0 Å². The molecule has 8 heteroatoms. The number of esters is 1. The Morgan fingerprint density at radius 2 is 1.68 bits per heavy atom. The van der Waals surface area contributed by atoms with Crippen LogP contribution in [-0.4, -0.2) is 24.9 Å². The lowest BCUT2D eigenvalue weighted by atomic mass is 10.2. The van der Waals surface area contributed by atoms with Crippen LogP contribution in [0.4, 0.5) is 15.8 Å². The number of amides is 2. The third-order valence-electron chi connectivity index (χ3n) is 3.13. The highest BCUT2D eigenvalue weighted by Crippen LogP contribution is 2.23. The van der Waals surface area contributed by atoms with Crippen molar-refractivity contribution in [2.75, 3.05) is 17.7 Å². The van der Waals surface area contributed by atoms with Gasteiger partial charge in [-0.15, -0.1) is 0 Å². The van der Waals surface area contributed by atoms with Gasteiger partial charge in [0.2, 0.25) is 11.8 Å². The predicted octanol–water partition coefficient (Wildman–Crippen LogP) is 3.23. The van der Waals surface area contributed by atoms with Crippen LogP contribution in [0.1, 0.15) is 16.8 Å². The lowest BCUT2D eigenvalue weighted by Gasteiger charge is -2.09. The Morgan fingerprint density at radius 3 is 2.32 bits per heavy atom. The molecule has 2 aromatic carbocycles. The van der Waals surface area contributed by atoms with Crippen LogP contribution in [0.5, 0.6) is 0 Å². The number of halogens is 2. The van der Waals surface area contributed by atoms with E-state index >= 15 is 0 Å². The number of benzene rings is 2. The second kappa shape index (κ2) is 8.25. The maximum absolute atomic E-state index is 13.5. The molecule has 0 aliphatic heterocycles. The van der Waals surface area contributed by atoms with Gasteiger partial charge < -0.3 is 15.4 Å². The van der Waals surface area contributed by atoms with Gasteiger partial charge in [0, 0.05) is 0 Å². The predicted molar refractivity (Wildman–Crippen MR) is 91.1 cm³/mol. The van der Waals surface area contributed by atoms with Crippen LogP contribution in [0.15, 0.2) is 42.5 Å². The highest BCUT2D eigenvalue weighted by molar-refractivity contribution is 6.34. The summed E-state index contributed by atoms with van der Waals surface area (Å²) in [7, 11) is 1.22. The zero-order valence-electron chi connectivity index (χ0n) is 13.1. The van der Waals surface area contributed by atoms with Crippen LogP contribution in [0.3, 0.4) is 0 Å². The monoisotopic (exact) mass is 364 g/mol. The minimum atomic E-state index is -0.692. The molecule has 0 aliphatic rings. The number of rotatable bonds is 5. The molecule has 0 fully saturated rings. The molecule has 0 unspecified atom stereocenters. The van der Waals surface area contributed by atoms with Gasteiger partial charge >= 0.3 is 5.97 Å². The molecule has 2 amide bonds. The molecule has 0 aliphatic carbocycles. The second-order valence-corrected chi connectivity index (χ2v) is 5.35. The number of methoxy groups -OCH3 is 1. The standard InChI is InChI=1S/C17H14ClFN2O4/c1-25-17(24)10-6-7-11(18)14(8-10)21-16(23)9-15(22)20-13-5-3-2-4-12(13)19/h2-8H,9H2,1H3,(H,20,22)(H,21,23). The first-order valence-electron chi connectivity index (χ1n) is 7.13. The fourth-order valence-corrected chi connectivity index (χ4v) is 2.13. The minimum Gasteiger partial charge on any atom is -0.465 e.